The van der Waals surface area contributed by atoms with Crippen LogP contribution in [0.4, 0.5) is 0 Å². The Labute approximate surface area is 137 Å². The van der Waals surface area contributed by atoms with Gasteiger partial charge in [-0.15, -0.1) is 0 Å². The first-order valence-corrected chi connectivity index (χ1v) is 9.44. The summed E-state index contributed by atoms with van der Waals surface area (Å²) in [5.74, 6) is 2.00. The lowest BCUT2D eigenvalue weighted by Crippen LogP contribution is -2.23. The maximum atomic E-state index is 11.5. The van der Waals surface area contributed by atoms with Crippen LogP contribution in [0.3, 0.4) is 0 Å². The highest BCUT2D eigenvalue weighted by molar-refractivity contribution is 7.90. The Balaban J connectivity index is 1.72. The standard InChI is InChI=1S/C18H20O4S/c1-21-17-5-3-4-15-11-14(12-22-18(15)17)10-13-6-8-16(9-7-13)23(2,19)20/h3-9,14H,10-12H2,1-2H3/t14-/m0/s1. The fraction of sp³-hybridized carbons (Fsp3) is 0.333. The van der Waals surface area contributed by atoms with E-state index in [9.17, 15) is 8.42 Å². The number of fused-ring (bicyclic) bond motifs is 1. The molecule has 0 saturated carbocycles. The zero-order chi connectivity index (χ0) is 16.4. The summed E-state index contributed by atoms with van der Waals surface area (Å²) >= 11 is 0. The summed E-state index contributed by atoms with van der Waals surface area (Å²) in [5, 5.41) is 0. The van der Waals surface area contributed by atoms with Gasteiger partial charge in [-0.05, 0) is 42.2 Å². The van der Waals surface area contributed by atoms with Gasteiger partial charge in [0.05, 0.1) is 18.6 Å². The van der Waals surface area contributed by atoms with E-state index >= 15 is 0 Å². The fourth-order valence-corrected chi connectivity index (χ4v) is 3.59. The molecule has 1 aliphatic rings. The van der Waals surface area contributed by atoms with E-state index in [0.29, 0.717) is 17.4 Å². The number of hydrogen-bond donors (Lipinski definition) is 0. The lowest BCUT2D eigenvalue weighted by Gasteiger charge is -2.26. The second-order valence-electron chi connectivity index (χ2n) is 5.95. The Morgan fingerprint density at radius 2 is 1.91 bits per heavy atom. The third-order valence-corrected chi connectivity index (χ3v) is 5.26. The fourth-order valence-electron chi connectivity index (χ4n) is 2.95. The molecule has 0 saturated heterocycles. The molecule has 1 atom stereocenters. The van der Waals surface area contributed by atoms with Crippen LogP contribution in [0.5, 0.6) is 11.5 Å². The van der Waals surface area contributed by atoms with E-state index in [-0.39, 0.29) is 0 Å². The van der Waals surface area contributed by atoms with Crippen molar-refractivity contribution in [3.05, 3.63) is 53.6 Å². The van der Waals surface area contributed by atoms with Crippen molar-refractivity contribution in [2.75, 3.05) is 20.0 Å². The minimum Gasteiger partial charge on any atom is -0.493 e. The summed E-state index contributed by atoms with van der Waals surface area (Å²) in [6.45, 7) is 0.640. The first kappa shape index (κ1) is 15.9. The summed E-state index contributed by atoms with van der Waals surface area (Å²) < 4.78 is 34.2. The third-order valence-electron chi connectivity index (χ3n) is 4.13. The molecule has 5 heteroatoms. The Kier molecular flexibility index (Phi) is 4.31. The van der Waals surface area contributed by atoms with Crippen LogP contribution < -0.4 is 9.47 Å². The number of ether oxygens (including phenoxy) is 2. The molecular formula is C18H20O4S. The molecule has 0 bridgehead atoms. The van der Waals surface area contributed by atoms with Crippen molar-refractivity contribution in [3.63, 3.8) is 0 Å². The SMILES string of the molecule is COc1cccc2c1OC[C@@H](Cc1ccc(S(C)(=O)=O)cc1)C2. The molecule has 0 N–H and O–H groups in total. The summed E-state index contributed by atoms with van der Waals surface area (Å²) in [6.07, 6.45) is 3.02. The van der Waals surface area contributed by atoms with Crippen LogP contribution in [-0.2, 0) is 22.7 Å². The Morgan fingerprint density at radius 1 is 1.17 bits per heavy atom. The van der Waals surface area contributed by atoms with E-state index in [2.05, 4.69) is 6.07 Å². The lowest BCUT2D eigenvalue weighted by molar-refractivity contribution is 0.211. The smallest absolute Gasteiger partial charge is 0.175 e. The van der Waals surface area contributed by atoms with E-state index in [1.807, 2.05) is 24.3 Å². The predicted octanol–water partition coefficient (Wildman–Crippen LogP) is 2.89. The van der Waals surface area contributed by atoms with Crippen molar-refractivity contribution in [1.82, 2.24) is 0 Å². The molecule has 0 aliphatic carbocycles. The molecule has 0 unspecified atom stereocenters. The van der Waals surface area contributed by atoms with Gasteiger partial charge in [0.25, 0.3) is 0 Å². The second kappa shape index (κ2) is 6.24. The molecule has 0 fully saturated rings. The van der Waals surface area contributed by atoms with Gasteiger partial charge in [-0.2, -0.15) is 0 Å². The molecule has 1 heterocycles. The molecule has 0 aromatic heterocycles. The minimum atomic E-state index is -3.14. The Hall–Kier alpha value is -2.01. The zero-order valence-electron chi connectivity index (χ0n) is 13.3. The van der Waals surface area contributed by atoms with Gasteiger partial charge in [-0.1, -0.05) is 24.3 Å². The third kappa shape index (κ3) is 3.50. The van der Waals surface area contributed by atoms with Gasteiger partial charge in [-0.25, -0.2) is 8.42 Å². The van der Waals surface area contributed by atoms with E-state index in [1.165, 1.54) is 6.26 Å². The molecule has 122 valence electrons. The van der Waals surface area contributed by atoms with Crippen LogP contribution in [-0.4, -0.2) is 28.4 Å². The van der Waals surface area contributed by atoms with Crippen molar-refractivity contribution in [2.45, 2.75) is 17.7 Å². The maximum absolute atomic E-state index is 11.5. The molecule has 2 aromatic carbocycles. The summed E-state index contributed by atoms with van der Waals surface area (Å²) in [6, 6.07) is 13.1. The minimum absolute atomic E-state index is 0.358. The highest BCUT2D eigenvalue weighted by Crippen LogP contribution is 2.36. The molecule has 0 radical (unpaired) electrons. The van der Waals surface area contributed by atoms with Crippen molar-refractivity contribution in [3.8, 4) is 11.5 Å². The molecule has 1 aliphatic heterocycles. The molecule has 0 spiro atoms. The number of sulfone groups is 1. The van der Waals surface area contributed by atoms with Gasteiger partial charge < -0.3 is 9.47 Å². The van der Waals surface area contributed by atoms with E-state index in [0.717, 1.165) is 35.5 Å². The highest BCUT2D eigenvalue weighted by atomic mass is 32.2. The maximum Gasteiger partial charge on any atom is 0.175 e. The quantitative estimate of drug-likeness (QED) is 0.864. The first-order chi connectivity index (χ1) is 11.0. The molecular weight excluding hydrogens is 312 g/mol. The van der Waals surface area contributed by atoms with Gasteiger partial charge in [0.15, 0.2) is 21.3 Å². The number of hydrogen-bond acceptors (Lipinski definition) is 4. The summed E-state index contributed by atoms with van der Waals surface area (Å²) in [7, 11) is -1.49. The monoisotopic (exact) mass is 332 g/mol. The number of methoxy groups -OCH3 is 1. The normalized spacial score (nSPS) is 17.2. The second-order valence-corrected chi connectivity index (χ2v) is 7.97. The molecule has 3 rings (SSSR count). The van der Waals surface area contributed by atoms with Crippen LogP contribution in [0, 0.1) is 5.92 Å². The summed E-state index contributed by atoms with van der Waals surface area (Å²) in [4.78, 5) is 0.358. The molecule has 2 aromatic rings. The predicted molar refractivity (Wildman–Crippen MR) is 88.9 cm³/mol. The number of benzene rings is 2. The van der Waals surface area contributed by atoms with Crippen LogP contribution in [0.2, 0.25) is 0 Å². The Morgan fingerprint density at radius 3 is 2.57 bits per heavy atom. The zero-order valence-corrected chi connectivity index (χ0v) is 14.1. The molecule has 0 amide bonds. The van der Waals surface area contributed by atoms with E-state index in [4.69, 9.17) is 9.47 Å². The van der Waals surface area contributed by atoms with E-state index < -0.39 is 9.84 Å². The van der Waals surface area contributed by atoms with Crippen LogP contribution in [0.1, 0.15) is 11.1 Å². The van der Waals surface area contributed by atoms with Gasteiger partial charge >= 0.3 is 0 Å². The van der Waals surface area contributed by atoms with Crippen LogP contribution >= 0.6 is 0 Å². The first-order valence-electron chi connectivity index (χ1n) is 7.55. The Bertz CT molecular complexity index is 794. The van der Waals surface area contributed by atoms with Crippen molar-refractivity contribution < 1.29 is 17.9 Å². The molecule has 23 heavy (non-hydrogen) atoms. The number of rotatable bonds is 4. The van der Waals surface area contributed by atoms with Gasteiger partial charge in [0.1, 0.15) is 0 Å². The lowest BCUT2D eigenvalue weighted by atomic mass is 9.91. The largest absolute Gasteiger partial charge is 0.493 e. The molecule has 4 nitrogen and oxygen atoms in total. The topological polar surface area (TPSA) is 52.6 Å². The van der Waals surface area contributed by atoms with Gasteiger partial charge in [0.2, 0.25) is 0 Å². The van der Waals surface area contributed by atoms with Gasteiger partial charge in [-0.3, -0.25) is 0 Å². The van der Waals surface area contributed by atoms with Crippen LogP contribution in [0.25, 0.3) is 0 Å². The van der Waals surface area contributed by atoms with Crippen molar-refractivity contribution in [1.29, 1.82) is 0 Å². The van der Waals surface area contributed by atoms with Crippen LogP contribution in [0.15, 0.2) is 47.4 Å². The van der Waals surface area contributed by atoms with Crippen molar-refractivity contribution in [2.24, 2.45) is 5.92 Å². The van der Waals surface area contributed by atoms with Crippen molar-refractivity contribution >= 4 is 9.84 Å². The van der Waals surface area contributed by atoms with Gasteiger partial charge in [0, 0.05) is 12.2 Å². The average Bonchev–Trinajstić information content (AvgIpc) is 2.53. The van der Waals surface area contributed by atoms with E-state index in [1.54, 1.807) is 19.2 Å². The summed E-state index contributed by atoms with van der Waals surface area (Å²) in [5.41, 5.74) is 2.28. The number of para-hydroxylation sites is 1. The highest BCUT2D eigenvalue weighted by Gasteiger charge is 2.22. The average molecular weight is 332 g/mol.